The summed E-state index contributed by atoms with van der Waals surface area (Å²) in [4.78, 5) is 22.8. The molecule has 0 spiro atoms. The maximum Gasteiger partial charge on any atom is 0.336 e. The van der Waals surface area contributed by atoms with Crippen LogP contribution in [0.2, 0.25) is 0 Å². The summed E-state index contributed by atoms with van der Waals surface area (Å²) in [6.07, 6.45) is -1.34. The molecule has 0 aliphatic heterocycles. The Balaban J connectivity index is 2.63. The molecule has 1 atom stereocenters. The summed E-state index contributed by atoms with van der Waals surface area (Å²) in [6, 6.07) is 5.44. The molecular weight excluding hydrogens is 234 g/mol. The van der Waals surface area contributed by atoms with Crippen molar-refractivity contribution < 1.29 is 19.4 Å². The van der Waals surface area contributed by atoms with Gasteiger partial charge in [0.2, 0.25) is 0 Å². The molecule has 0 fully saturated rings. The van der Waals surface area contributed by atoms with Gasteiger partial charge in [0.25, 0.3) is 5.91 Å². The predicted octanol–water partition coefficient (Wildman–Crippen LogP) is 0.567. The van der Waals surface area contributed by atoms with Crippen molar-refractivity contribution in [3.63, 3.8) is 0 Å². The number of ether oxygens (including phenoxy) is 1. The van der Waals surface area contributed by atoms with E-state index in [0.29, 0.717) is 5.56 Å². The van der Waals surface area contributed by atoms with Crippen molar-refractivity contribution in [2.24, 2.45) is 0 Å². The third kappa shape index (κ3) is 3.56. The lowest BCUT2D eigenvalue weighted by atomic mass is 10.1. The van der Waals surface area contributed by atoms with Gasteiger partial charge in [-0.05, 0) is 25.5 Å². The van der Waals surface area contributed by atoms with Crippen LogP contribution in [-0.2, 0) is 9.53 Å². The van der Waals surface area contributed by atoms with E-state index in [-0.39, 0.29) is 12.5 Å². The average Bonchev–Trinajstić information content (AvgIpc) is 2.34. The summed E-state index contributed by atoms with van der Waals surface area (Å²) in [5.41, 5.74) is 2.44. The van der Waals surface area contributed by atoms with Gasteiger partial charge in [0.05, 0.1) is 13.7 Å². The largest absolute Gasteiger partial charge is 0.467 e. The molecule has 0 aromatic heterocycles. The number of nitrogens with one attached hydrogen (secondary N) is 1. The van der Waals surface area contributed by atoms with Crippen molar-refractivity contribution in [3.8, 4) is 0 Å². The number of benzene rings is 1. The van der Waals surface area contributed by atoms with Crippen molar-refractivity contribution in [2.45, 2.75) is 20.0 Å². The van der Waals surface area contributed by atoms with Gasteiger partial charge in [0, 0.05) is 5.56 Å². The van der Waals surface area contributed by atoms with Gasteiger partial charge in [0.15, 0.2) is 6.10 Å². The van der Waals surface area contributed by atoms with Crippen LogP contribution in [-0.4, -0.2) is 36.7 Å². The minimum absolute atomic E-state index is 0.168. The Morgan fingerprint density at radius 3 is 2.61 bits per heavy atom. The van der Waals surface area contributed by atoms with Crippen LogP contribution in [0.15, 0.2) is 18.2 Å². The van der Waals surface area contributed by atoms with Crippen LogP contribution in [0.1, 0.15) is 21.5 Å². The molecule has 1 unspecified atom stereocenters. The first kappa shape index (κ1) is 14.2. The maximum absolute atomic E-state index is 11.8. The topological polar surface area (TPSA) is 75.6 Å². The van der Waals surface area contributed by atoms with Crippen LogP contribution in [0, 0.1) is 13.8 Å². The molecule has 1 aromatic rings. The Hall–Kier alpha value is -1.88. The molecule has 0 heterocycles. The van der Waals surface area contributed by atoms with Gasteiger partial charge in [-0.1, -0.05) is 17.7 Å². The van der Waals surface area contributed by atoms with E-state index in [1.54, 1.807) is 6.07 Å². The van der Waals surface area contributed by atoms with E-state index in [1.165, 1.54) is 7.11 Å². The van der Waals surface area contributed by atoms with Crippen molar-refractivity contribution in [1.29, 1.82) is 0 Å². The van der Waals surface area contributed by atoms with Gasteiger partial charge in [-0.25, -0.2) is 4.79 Å². The van der Waals surface area contributed by atoms with Gasteiger partial charge >= 0.3 is 5.97 Å². The first-order valence-electron chi connectivity index (χ1n) is 5.57. The van der Waals surface area contributed by atoms with Crippen molar-refractivity contribution >= 4 is 11.9 Å². The highest BCUT2D eigenvalue weighted by Crippen LogP contribution is 2.10. The smallest absolute Gasteiger partial charge is 0.336 e. The summed E-state index contributed by atoms with van der Waals surface area (Å²) < 4.78 is 4.35. The average molecular weight is 251 g/mol. The molecule has 1 amide bonds. The summed E-state index contributed by atoms with van der Waals surface area (Å²) in [5, 5.41) is 11.8. The molecule has 0 saturated heterocycles. The third-order valence-corrected chi connectivity index (χ3v) is 2.56. The van der Waals surface area contributed by atoms with Gasteiger partial charge < -0.3 is 15.2 Å². The second-order valence-corrected chi connectivity index (χ2v) is 4.07. The Morgan fingerprint density at radius 1 is 1.39 bits per heavy atom. The molecule has 0 aliphatic rings. The molecule has 0 saturated carbocycles. The molecule has 1 aromatic carbocycles. The second kappa shape index (κ2) is 6.16. The maximum atomic E-state index is 11.8. The fourth-order valence-electron chi connectivity index (χ4n) is 1.57. The normalized spacial score (nSPS) is 11.8. The van der Waals surface area contributed by atoms with Crippen LogP contribution in [0.4, 0.5) is 0 Å². The molecule has 0 bridgehead atoms. The molecule has 0 radical (unpaired) electrons. The van der Waals surface area contributed by atoms with E-state index < -0.39 is 12.1 Å². The number of carbonyl (C=O) groups is 2. The van der Waals surface area contributed by atoms with Crippen LogP contribution in [0.25, 0.3) is 0 Å². The number of carbonyl (C=O) groups excluding carboxylic acids is 2. The highest BCUT2D eigenvalue weighted by Gasteiger charge is 2.17. The number of amides is 1. The summed E-state index contributed by atoms with van der Waals surface area (Å²) in [7, 11) is 1.18. The Bertz CT molecular complexity index is 456. The van der Waals surface area contributed by atoms with Gasteiger partial charge in [-0.15, -0.1) is 0 Å². The van der Waals surface area contributed by atoms with E-state index in [1.807, 2.05) is 26.0 Å². The van der Waals surface area contributed by atoms with E-state index in [4.69, 9.17) is 0 Å². The number of rotatable bonds is 4. The van der Waals surface area contributed by atoms with E-state index in [0.717, 1.165) is 11.1 Å². The molecule has 5 heteroatoms. The SMILES string of the molecule is COC(=O)C(O)CNC(=O)c1ccc(C)cc1C. The first-order valence-corrected chi connectivity index (χ1v) is 5.57. The fourth-order valence-corrected chi connectivity index (χ4v) is 1.57. The van der Waals surface area contributed by atoms with Gasteiger partial charge in [-0.2, -0.15) is 0 Å². The summed E-state index contributed by atoms with van der Waals surface area (Å²) in [6.45, 7) is 3.60. The van der Waals surface area contributed by atoms with E-state index in [2.05, 4.69) is 10.1 Å². The lowest BCUT2D eigenvalue weighted by Gasteiger charge is -2.11. The summed E-state index contributed by atoms with van der Waals surface area (Å²) >= 11 is 0. The first-order chi connectivity index (χ1) is 8.45. The van der Waals surface area contributed by atoms with Gasteiger partial charge in [0.1, 0.15) is 0 Å². The fraction of sp³-hybridized carbons (Fsp3) is 0.385. The molecule has 0 aliphatic carbocycles. The quantitative estimate of drug-likeness (QED) is 0.767. The zero-order valence-electron chi connectivity index (χ0n) is 10.7. The minimum atomic E-state index is -1.34. The highest BCUT2D eigenvalue weighted by molar-refractivity contribution is 5.96. The summed E-state index contributed by atoms with van der Waals surface area (Å²) in [5.74, 6) is -1.09. The van der Waals surface area contributed by atoms with Crippen molar-refractivity contribution in [3.05, 3.63) is 34.9 Å². The van der Waals surface area contributed by atoms with Crippen LogP contribution >= 0.6 is 0 Å². The number of aliphatic hydroxyl groups excluding tert-OH is 1. The monoisotopic (exact) mass is 251 g/mol. The minimum Gasteiger partial charge on any atom is -0.467 e. The van der Waals surface area contributed by atoms with E-state index >= 15 is 0 Å². The van der Waals surface area contributed by atoms with Crippen LogP contribution < -0.4 is 5.32 Å². The Labute approximate surface area is 106 Å². The number of aryl methyl sites for hydroxylation is 2. The zero-order valence-corrected chi connectivity index (χ0v) is 10.7. The van der Waals surface area contributed by atoms with E-state index in [9.17, 15) is 14.7 Å². The highest BCUT2D eigenvalue weighted by atomic mass is 16.5. The van der Waals surface area contributed by atoms with Crippen LogP contribution in [0.3, 0.4) is 0 Å². The molecular formula is C13H17NO4. The predicted molar refractivity (Wildman–Crippen MR) is 66.3 cm³/mol. The third-order valence-electron chi connectivity index (χ3n) is 2.56. The Morgan fingerprint density at radius 2 is 2.06 bits per heavy atom. The number of esters is 1. The Kier molecular flexibility index (Phi) is 4.85. The lowest BCUT2D eigenvalue weighted by molar-refractivity contribution is -0.149. The zero-order chi connectivity index (χ0) is 13.7. The van der Waals surface area contributed by atoms with Crippen molar-refractivity contribution in [2.75, 3.05) is 13.7 Å². The van der Waals surface area contributed by atoms with Crippen molar-refractivity contribution in [1.82, 2.24) is 5.32 Å². The second-order valence-electron chi connectivity index (χ2n) is 4.07. The van der Waals surface area contributed by atoms with Gasteiger partial charge in [-0.3, -0.25) is 4.79 Å². The number of methoxy groups -OCH3 is 1. The molecule has 1 rings (SSSR count). The molecule has 18 heavy (non-hydrogen) atoms. The standard InChI is InChI=1S/C13H17NO4/c1-8-4-5-10(9(2)6-8)12(16)14-7-11(15)13(17)18-3/h4-6,11,15H,7H2,1-3H3,(H,14,16). The molecule has 2 N–H and O–H groups in total. The number of aliphatic hydroxyl groups is 1. The molecule has 5 nitrogen and oxygen atoms in total. The number of hydrogen-bond donors (Lipinski definition) is 2. The number of hydrogen-bond acceptors (Lipinski definition) is 4. The molecule has 98 valence electrons. The lowest BCUT2D eigenvalue weighted by Crippen LogP contribution is -2.37. The van der Waals surface area contributed by atoms with Crippen LogP contribution in [0.5, 0.6) is 0 Å².